The summed E-state index contributed by atoms with van der Waals surface area (Å²) < 4.78 is 7.36. The van der Waals surface area contributed by atoms with Crippen LogP contribution in [-0.4, -0.2) is 60.5 Å². The largest absolute Gasteiger partial charge is 0.379 e. The molecule has 0 saturated carbocycles. The van der Waals surface area contributed by atoms with Crippen molar-refractivity contribution in [1.82, 2.24) is 25.3 Å². The number of hydrogen-bond acceptors (Lipinski definition) is 4. The topological polar surface area (TPSA) is 66.7 Å². The maximum atomic E-state index is 6.23. The lowest BCUT2D eigenvalue weighted by Gasteiger charge is -2.35. The third-order valence-corrected chi connectivity index (χ3v) is 5.00. The number of guanidine groups is 1. The van der Waals surface area contributed by atoms with Gasteiger partial charge in [-0.1, -0.05) is 23.7 Å². The Hall–Kier alpha value is -1.36. The molecule has 1 unspecified atom stereocenters. The van der Waals surface area contributed by atoms with Crippen molar-refractivity contribution in [1.29, 1.82) is 0 Å². The molecular weight excluding hydrogens is 491 g/mol. The summed E-state index contributed by atoms with van der Waals surface area (Å²) in [5, 5.41) is 11.7. The summed E-state index contributed by atoms with van der Waals surface area (Å²) in [4.78, 5) is 6.77. The highest BCUT2D eigenvalue weighted by Gasteiger charge is 2.23. The average molecular weight is 519 g/mol. The van der Waals surface area contributed by atoms with Crippen LogP contribution in [0, 0.1) is 0 Å². The normalized spacial score (nSPS) is 16.3. The fourth-order valence-electron chi connectivity index (χ4n) is 3.22. The number of rotatable bonds is 6. The lowest BCUT2D eigenvalue weighted by Crippen LogP contribution is -2.46. The molecule has 2 aromatic rings. The van der Waals surface area contributed by atoms with E-state index in [-0.39, 0.29) is 30.0 Å². The smallest absolute Gasteiger partial charge is 0.191 e. The molecule has 1 atom stereocenters. The first-order valence-electron chi connectivity index (χ1n) is 9.16. The van der Waals surface area contributed by atoms with Crippen LogP contribution in [-0.2, 0) is 18.3 Å². The van der Waals surface area contributed by atoms with Gasteiger partial charge in [-0.15, -0.1) is 24.0 Å². The number of ether oxygens (including phenoxy) is 1. The first kappa shape index (κ1) is 22.9. The van der Waals surface area contributed by atoms with Crippen LogP contribution in [0.25, 0.3) is 0 Å². The van der Waals surface area contributed by atoms with Crippen LogP contribution in [0.2, 0.25) is 5.02 Å². The van der Waals surface area contributed by atoms with E-state index < -0.39 is 0 Å². The Bertz CT molecular complexity index is 762. The fourth-order valence-corrected chi connectivity index (χ4v) is 3.42. The predicted molar refractivity (Wildman–Crippen MR) is 123 cm³/mol. The fraction of sp³-hybridized carbons (Fsp3) is 0.474. The second-order valence-electron chi connectivity index (χ2n) is 6.47. The first-order valence-corrected chi connectivity index (χ1v) is 9.54. The third kappa shape index (κ3) is 6.33. The lowest BCUT2D eigenvalue weighted by molar-refractivity contribution is 0.0170. The standard InChI is InChI=1S/C19H27ClN6O.HI/c1-21-19(22-13-17-6-7-24-25(17)2)23-14-18(26-8-10-27-11-9-26)15-4-3-5-16(20)12-15;/h3-7,12,18H,8-11,13-14H2,1-2H3,(H2,21,22,23);1H. The molecule has 2 heterocycles. The van der Waals surface area contributed by atoms with E-state index in [1.807, 2.05) is 36.0 Å². The minimum Gasteiger partial charge on any atom is -0.379 e. The zero-order chi connectivity index (χ0) is 19.1. The maximum absolute atomic E-state index is 6.23. The summed E-state index contributed by atoms with van der Waals surface area (Å²) in [7, 11) is 3.71. The van der Waals surface area contributed by atoms with Crippen LogP contribution in [0.5, 0.6) is 0 Å². The van der Waals surface area contributed by atoms with Gasteiger partial charge in [-0.25, -0.2) is 0 Å². The molecule has 1 aliphatic rings. The van der Waals surface area contributed by atoms with Crippen LogP contribution in [0.15, 0.2) is 41.5 Å². The number of nitrogens with zero attached hydrogens (tertiary/aromatic N) is 4. The van der Waals surface area contributed by atoms with Crippen LogP contribution in [0.4, 0.5) is 0 Å². The molecule has 154 valence electrons. The van der Waals surface area contributed by atoms with Crippen molar-refractivity contribution in [3.05, 3.63) is 52.8 Å². The second kappa shape index (κ2) is 11.6. The molecule has 1 aliphatic heterocycles. The number of benzene rings is 1. The van der Waals surface area contributed by atoms with E-state index in [0.717, 1.165) is 49.5 Å². The van der Waals surface area contributed by atoms with E-state index in [4.69, 9.17) is 16.3 Å². The molecule has 3 rings (SSSR count). The molecule has 1 saturated heterocycles. The Balaban J connectivity index is 0.00000280. The van der Waals surface area contributed by atoms with E-state index in [2.05, 4.69) is 31.7 Å². The molecule has 0 bridgehead atoms. The van der Waals surface area contributed by atoms with E-state index in [0.29, 0.717) is 6.54 Å². The van der Waals surface area contributed by atoms with Crippen LogP contribution in [0.3, 0.4) is 0 Å². The average Bonchev–Trinajstić information content (AvgIpc) is 3.10. The van der Waals surface area contributed by atoms with Crippen molar-refractivity contribution in [2.75, 3.05) is 39.9 Å². The van der Waals surface area contributed by atoms with Crippen molar-refractivity contribution in [2.24, 2.45) is 12.0 Å². The van der Waals surface area contributed by atoms with Gasteiger partial charge in [0.05, 0.1) is 31.5 Å². The van der Waals surface area contributed by atoms with Crippen LogP contribution in [0.1, 0.15) is 17.3 Å². The molecule has 2 N–H and O–H groups in total. The zero-order valence-electron chi connectivity index (χ0n) is 16.3. The molecule has 1 fully saturated rings. The van der Waals surface area contributed by atoms with E-state index in [1.165, 1.54) is 5.56 Å². The summed E-state index contributed by atoms with van der Waals surface area (Å²) >= 11 is 6.23. The van der Waals surface area contributed by atoms with Gasteiger partial charge in [0.2, 0.25) is 0 Å². The van der Waals surface area contributed by atoms with Gasteiger partial charge in [0.1, 0.15) is 0 Å². The molecule has 0 aliphatic carbocycles. The number of aryl methyl sites for hydroxylation is 1. The van der Waals surface area contributed by atoms with E-state index in [1.54, 1.807) is 13.2 Å². The number of nitrogens with one attached hydrogen (secondary N) is 2. The molecule has 1 aromatic heterocycles. The number of aliphatic imine (C=N–C) groups is 1. The number of aromatic nitrogens is 2. The van der Waals surface area contributed by atoms with E-state index in [9.17, 15) is 0 Å². The Morgan fingerprint density at radius 1 is 1.29 bits per heavy atom. The third-order valence-electron chi connectivity index (χ3n) is 4.77. The van der Waals surface area contributed by atoms with Crippen LogP contribution < -0.4 is 10.6 Å². The Morgan fingerprint density at radius 3 is 2.71 bits per heavy atom. The van der Waals surface area contributed by atoms with Gasteiger partial charge in [0.25, 0.3) is 0 Å². The summed E-state index contributed by atoms with van der Waals surface area (Å²) in [6.07, 6.45) is 1.79. The molecule has 0 spiro atoms. The van der Waals surface area contributed by atoms with Gasteiger partial charge in [-0.05, 0) is 23.8 Å². The Labute approximate surface area is 188 Å². The summed E-state index contributed by atoms with van der Waals surface area (Å²) in [6.45, 7) is 4.70. The van der Waals surface area contributed by atoms with Crippen molar-refractivity contribution < 1.29 is 4.74 Å². The van der Waals surface area contributed by atoms with Gasteiger partial charge in [0, 0.05) is 44.9 Å². The molecule has 7 nitrogen and oxygen atoms in total. The number of morpholine rings is 1. The van der Waals surface area contributed by atoms with E-state index >= 15 is 0 Å². The van der Waals surface area contributed by atoms with Gasteiger partial charge >= 0.3 is 0 Å². The highest BCUT2D eigenvalue weighted by atomic mass is 127. The molecule has 28 heavy (non-hydrogen) atoms. The Morgan fingerprint density at radius 2 is 2.07 bits per heavy atom. The van der Waals surface area contributed by atoms with Gasteiger partial charge < -0.3 is 15.4 Å². The second-order valence-corrected chi connectivity index (χ2v) is 6.91. The monoisotopic (exact) mass is 518 g/mol. The molecule has 1 aromatic carbocycles. The van der Waals surface area contributed by atoms with Crippen molar-refractivity contribution in [3.63, 3.8) is 0 Å². The summed E-state index contributed by atoms with van der Waals surface area (Å²) in [5.74, 6) is 0.761. The minimum atomic E-state index is 0. The predicted octanol–water partition coefficient (Wildman–Crippen LogP) is 2.43. The number of halogens is 2. The van der Waals surface area contributed by atoms with Gasteiger partial charge in [-0.2, -0.15) is 5.10 Å². The molecule has 0 amide bonds. The quantitative estimate of drug-likeness (QED) is 0.349. The van der Waals surface area contributed by atoms with Gasteiger partial charge in [0.15, 0.2) is 5.96 Å². The number of hydrogen-bond donors (Lipinski definition) is 2. The van der Waals surface area contributed by atoms with Crippen LogP contribution >= 0.6 is 35.6 Å². The molecule has 9 heteroatoms. The molecule has 0 radical (unpaired) electrons. The SMILES string of the molecule is CN=C(NCc1ccnn1C)NCC(c1cccc(Cl)c1)N1CCOCC1.I. The maximum Gasteiger partial charge on any atom is 0.191 e. The molecular formula is C19H28ClIN6O. The summed E-state index contributed by atoms with van der Waals surface area (Å²) in [5.41, 5.74) is 2.29. The summed E-state index contributed by atoms with van der Waals surface area (Å²) in [6, 6.07) is 10.3. The Kier molecular flexibility index (Phi) is 9.49. The van der Waals surface area contributed by atoms with Crippen molar-refractivity contribution >= 4 is 41.5 Å². The van der Waals surface area contributed by atoms with Crippen molar-refractivity contribution in [3.8, 4) is 0 Å². The zero-order valence-corrected chi connectivity index (χ0v) is 19.4. The highest BCUT2D eigenvalue weighted by molar-refractivity contribution is 14.0. The minimum absolute atomic E-state index is 0. The highest BCUT2D eigenvalue weighted by Crippen LogP contribution is 2.23. The van der Waals surface area contributed by atoms with Crippen molar-refractivity contribution in [2.45, 2.75) is 12.6 Å². The lowest BCUT2D eigenvalue weighted by atomic mass is 10.0. The van der Waals surface area contributed by atoms with Gasteiger partial charge in [-0.3, -0.25) is 14.6 Å². The first-order chi connectivity index (χ1) is 13.2.